The third kappa shape index (κ3) is 4.25. The summed E-state index contributed by atoms with van der Waals surface area (Å²) < 4.78 is 6.28. The fourth-order valence-corrected chi connectivity index (χ4v) is 4.59. The van der Waals surface area contributed by atoms with Crippen LogP contribution in [0.2, 0.25) is 5.02 Å². The average Bonchev–Trinajstić information content (AvgIpc) is 3.45. The standard InChI is InChI=1S/C25H19ClN4O3S/c26-18-7-6-16(24(31)32)12-17(18)20-8-9-21(33-20)23-22(19-5-1-2-11-28-19)29-25(34)30(23)14-15-4-3-10-27-13-15/h1-13,22-23H,14H2,(H,29,34)(H,31,32). The number of nitrogens with one attached hydrogen (secondary N) is 1. The van der Waals surface area contributed by atoms with Crippen molar-refractivity contribution in [1.82, 2.24) is 20.2 Å². The van der Waals surface area contributed by atoms with Crippen LogP contribution in [0.15, 0.2) is 83.7 Å². The maximum atomic E-state index is 11.4. The summed E-state index contributed by atoms with van der Waals surface area (Å²) in [5, 5.41) is 13.7. The van der Waals surface area contributed by atoms with Gasteiger partial charge in [-0.1, -0.05) is 23.7 Å². The largest absolute Gasteiger partial charge is 0.478 e. The lowest BCUT2D eigenvalue weighted by Gasteiger charge is -2.26. The molecule has 1 aromatic carbocycles. The van der Waals surface area contributed by atoms with E-state index < -0.39 is 5.97 Å². The molecule has 0 aliphatic carbocycles. The van der Waals surface area contributed by atoms with Crippen LogP contribution in [0.3, 0.4) is 0 Å². The molecule has 0 spiro atoms. The molecule has 170 valence electrons. The Balaban J connectivity index is 1.56. The van der Waals surface area contributed by atoms with Gasteiger partial charge in [-0.3, -0.25) is 9.97 Å². The zero-order valence-corrected chi connectivity index (χ0v) is 19.3. The number of hydrogen-bond donors (Lipinski definition) is 2. The monoisotopic (exact) mass is 490 g/mol. The Labute approximate surface area is 206 Å². The van der Waals surface area contributed by atoms with Gasteiger partial charge < -0.3 is 19.7 Å². The number of hydrogen-bond acceptors (Lipinski definition) is 5. The van der Waals surface area contributed by atoms with Crippen LogP contribution in [0.25, 0.3) is 11.3 Å². The second kappa shape index (κ2) is 9.24. The van der Waals surface area contributed by atoms with E-state index in [0.29, 0.717) is 33.8 Å². The first-order valence-electron chi connectivity index (χ1n) is 10.5. The Bertz CT molecular complexity index is 1350. The van der Waals surface area contributed by atoms with Crippen LogP contribution in [0.5, 0.6) is 0 Å². The second-order valence-corrected chi connectivity index (χ2v) is 8.61. The molecular weight excluding hydrogens is 472 g/mol. The summed E-state index contributed by atoms with van der Waals surface area (Å²) in [5.41, 5.74) is 2.47. The van der Waals surface area contributed by atoms with Gasteiger partial charge in [0.15, 0.2) is 5.11 Å². The van der Waals surface area contributed by atoms with E-state index in [1.807, 2.05) is 41.3 Å². The predicted molar refractivity (Wildman–Crippen MR) is 131 cm³/mol. The predicted octanol–water partition coefficient (Wildman–Crippen LogP) is 5.26. The van der Waals surface area contributed by atoms with Crippen LogP contribution < -0.4 is 5.32 Å². The van der Waals surface area contributed by atoms with E-state index in [9.17, 15) is 9.90 Å². The van der Waals surface area contributed by atoms with E-state index in [4.69, 9.17) is 28.2 Å². The van der Waals surface area contributed by atoms with Gasteiger partial charge >= 0.3 is 5.97 Å². The lowest BCUT2D eigenvalue weighted by Crippen LogP contribution is -2.29. The number of aromatic nitrogens is 2. The van der Waals surface area contributed by atoms with Crippen molar-refractivity contribution in [2.45, 2.75) is 18.6 Å². The lowest BCUT2D eigenvalue weighted by atomic mass is 10.0. The molecule has 1 aliphatic heterocycles. The number of thiocarbonyl (C=S) groups is 1. The number of halogens is 1. The molecule has 2 unspecified atom stereocenters. The molecule has 0 amide bonds. The van der Waals surface area contributed by atoms with Crippen molar-refractivity contribution >= 4 is 34.9 Å². The summed E-state index contributed by atoms with van der Waals surface area (Å²) >= 11 is 12.1. The zero-order valence-electron chi connectivity index (χ0n) is 17.8. The molecule has 2 N–H and O–H groups in total. The van der Waals surface area contributed by atoms with E-state index in [0.717, 1.165) is 11.3 Å². The highest BCUT2D eigenvalue weighted by Gasteiger charge is 2.41. The molecule has 4 heterocycles. The first-order valence-corrected chi connectivity index (χ1v) is 11.3. The minimum atomic E-state index is -1.03. The van der Waals surface area contributed by atoms with Gasteiger partial charge in [-0.25, -0.2) is 4.79 Å². The third-order valence-electron chi connectivity index (χ3n) is 5.67. The summed E-state index contributed by atoms with van der Waals surface area (Å²) in [6, 6.07) is 17.3. The van der Waals surface area contributed by atoms with Crippen molar-refractivity contribution in [2.24, 2.45) is 0 Å². The van der Waals surface area contributed by atoms with Gasteiger partial charge in [-0.15, -0.1) is 0 Å². The third-order valence-corrected chi connectivity index (χ3v) is 6.35. The van der Waals surface area contributed by atoms with Gasteiger partial charge in [0, 0.05) is 30.7 Å². The van der Waals surface area contributed by atoms with Gasteiger partial charge in [-0.05, 0) is 66.3 Å². The zero-order chi connectivity index (χ0) is 23.7. The van der Waals surface area contributed by atoms with Gasteiger partial charge in [0.05, 0.1) is 22.3 Å². The molecule has 1 fully saturated rings. The Morgan fingerprint density at radius 1 is 1.15 bits per heavy atom. The molecule has 9 heteroatoms. The normalized spacial score (nSPS) is 17.6. The number of nitrogens with zero attached hydrogens (tertiary/aromatic N) is 3. The summed E-state index contributed by atoms with van der Waals surface area (Å²) in [6.45, 7) is 0.527. The molecule has 5 rings (SSSR count). The molecule has 1 aliphatic rings. The van der Waals surface area contributed by atoms with Crippen molar-refractivity contribution in [3.8, 4) is 11.3 Å². The highest BCUT2D eigenvalue weighted by molar-refractivity contribution is 7.80. The van der Waals surface area contributed by atoms with Crippen LogP contribution in [0.1, 0.15) is 39.5 Å². The first kappa shape index (κ1) is 22.1. The van der Waals surface area contributed by atoms with Crippen LogP contribution in [0, 0.1) is 0 Å². The highest BCUT2D eigenvalue weighted by atomic mass is 35.5. The molecule has 1 saturated heterocycles. The van der Waals surface area contributed by atoms with Gasteiger partial charge in [0.25, 0.3) is 0 Å². The highest BCUT2D eigenvalue weighted by Crippen LogP contribution is 2.42. The molecule has 34 heavy (non-hydrogen) atoms. The van der Waals surface area contributed by atoms with E-state index in [-0.39, 0.29) is 17.6 Å². The van der Waals surface area contributed by atoms with E-state index in [1.54, 1.807) is 30.7 Å². The lowest BCUT2D eigenvalue weighted by molar-refractivity contribution is 0.0697. The van der Waals surface area contributed by atoms with Gasteiger partial charge in [-0.2, -0.15) is 0 Å². The Hall–Kier alpha value is -3.75. The van der Waals surface area contributed by atoms with E-state index in [2.05, 4.69) is 15.3 Å². The molecule has 7 nitrogen and oxygen atoms in total. The second-order valence-electron chi connectivity index (χ2n) is 7.82. The maximum Gasteiger partial charge on any atom is 0.335 e. The summed E-state index contributed by atoms with van der Waals surface area (Å²) in [5.74, 6) is 0.0913. The van der Waals surface area contributed by atoms with Crippen LogP contribution in [-0.2, 0) is 6.54 Å². The smallest absolute Gasteiger partial charge is 0.335 e. The van der Waals surface area contributed by atoms with Crippen molar-refractivity contribution in [3.63, 3.8) is 0 Å². The SMILES string of the molecule is O=C(O)c1ccc(Cl)c(-c2ccc(C3C(c4ccccn4)NC(=S)N3Cc3cccnc3)o2)c1. The van der Waals surface area contributed by atoms with Crippen molar-refractivity contribution in [3.05, 3.63) is 107 Å². The number of rotatable bonds is 6. The topological polar surface area (TPSA) is 91.5 Å². The summed E-state index contributed by atoms with van der Waals surface area (Å²) in [7, 11) is 0. The molecular formula is C25H19ClN4O3S. The number of carboxylic acids is 1. The summed E-state index contributed by atoms with van der Waals surface area (Å²) in [6.07, 6.45) is 5.27. The maximum absolute atomic E-state index is 11.4. The molecule has 2 atom stereocenters. The number of aromatic carboxylic acids is 1. The van der Waals surface area contributed by atoms with E-state index in [1.165, 1.54) is 12.1 Å². The van der Waals surface area contributed by atoms with Gasteiger partial charge in [0.1, 0.15) is 17.6 Å². The molecule has 0 saturated carbocycles. The number of carboxylic acid groups (broad SMARTS) is 1. The van der Waals surface area contributed by atoms with Crippen LogP contribution in [-0.4, -0.2) is 31.1 Å². The minimum absolute atomic E-state index is 0.130. The molecule has 0 radical (unpaired) electrons. The summed E-state index contributed by atoms with van der Waals surface area (Å²) in [4.78, 5) is 22.2. The Morgan fingerprint density at radius 3 is 2.76 bits per heavy atom. The Kier molecular flexibility index (Phi) is 6.00. The van der Waals surface area contributed by atoms with Crippen molar-refractivity contribution in [2.75, 3.05) is 0 Å². The molecule has 4 aromatic rings. The number of carbonyl (C=O) groups is 1. The van der Waals surface area contributed by atoms with E-state index >= 15 is 0 Å². The average molecular weight is 491 g/mol. The van der Waals surface area contributed by atoms with Gasteiger partial charge in [0.2, 0.25) is 0 Å². The van der Waals surface area contributed by atoms with Crippen LogP contribution >= 0.6 is 23.8 Å². The quantitative estimate of drug-likeness (QED) is 0.353. The fraction of sp³-hybridized carbons (Fsp3) is 0.120. The first-order chi connectivity index (χ1) is 16.5. The fourth-order valence-electron chi connectivity index (χ4n) is 4.08. The van der Waals surface area contributed by atoms with Crippen molar-refractivity contribution in [1.29, 1.82) is 0 Å². The molecule has 3 aromatic heterocycles. The minimum Gasteiger partial charge on any atom is -0.478 e. The van der Waals surface area contributed by atoms with Crippen LogP contribution in [0.4, 0.5) is 0 Å². The van der Waals surface area contributed by atoms with Crippen molar-refractivity contribution < 1.29 is 14.3 Å². The number of benzene rings is 1. The Morgan fingerprint density at radius 2 is 2.03 bits per heavy atom. The number of furan rings is 1. The molecule has 0 bridgehead atoms. The number of pyridine rings is 2.